The molecule has 2 aliphatic heterocycles. The molecule has 5 heteroatoms. The van der Waals surface area contributed by atoms with Crippen molar-refractivity contribution >= 4 is 0 Å². The lowest BCUT2D eigenvalue weighted by molar-refractivity contribution is -0.0286. The molecule has 0 aliphatic carbocycles. The van der Waals surface area contributed by atoms with Crippen LogP contribution in [0.1, 0.15) is 17.5 Å². The van der Waals surface area contributed by atoms with Gasteiger partial charge >= 0.3 is 0 Å². The van der Waals surface area contributed by atoms with Crippen LogP contribution in [0.2, 0.25) is 0 Å². The monoisotopic (exact) mass is 395 g/mol. The Balaban J connectivity index is 1.24. The SMILES string of the molecule is CN1CCN([C@@H]2CCN(Cc3ccc(OCc4ccccc4)cc3)C[C@H]2O)CC1. The minimum Gasteiger partial charge on any atom is -0.489 e. The molecule has 29 heavy (non-hydrogen) atoms. The Hall–Kier alpha value is -1.92. The molecule has 2 aliphatic rings. The van der Waals surface area contributed by atoms with Gasteiger partial charge in [-0.1, -0.05) is 42.5 Å². The lowest BCUT2D eigenvalue weighted by Crippen LogP contribution is -2.58. The third-order valence-electron chi connectivity index (χ3n) is 6.22. The first-order valence-electron chi connectivity index (χ1n) is 10.8. The first-order chi connectivity index (χ1) is 14.2. The fraction of sp³-hybridized carbons (Fsp3) is 0.500. The van der Waals surface area contributed by atoms with Gasteiger partial charge in [0.2, 0.25) is 0 Å². The second-order valence-electron chi connectivity index (χ2n) is 8.42. The van der Waals surface area contributed by atoms with Crippen LogP contribution in [0.25, 0.3) is 0 Å². The Morgan fingerprint density at radius 1 is 0.897 bits per heavy atom. The quantitative estimate of drug-likeness (QED) is 0.814. The molecular weight excluding hydrogens is 362 g/mol. The summed E-state index contributed by atoms with van der Waals surface area (Å²) < 4.78 is 5.88. The number of aliphatic hydroxyl groups excluding tert-OH is 1. The van der Waals surface area contributed by atoms with E-state index in [1.807, 2.05) is 30.3 Å². The molecule has 2 atom stereocenters. The van der Waals surface area contributed by atoms with Crippen molar-refractivity contribution in [3.8, 4) is 5.75 Å². The van der Waals surface area contributed by atoms with Crippen molar-refractivity contribution in [1.29, 1.82) is 0 Å². The van der Waals surface area contributed by atoms with Gasteiger partial charge in [0.25, 0.3) is 0 Å². The smallest absolute Gasteiger partial charge is 0.119 e. The van der Waals surface area contributed by atoms with Crippen LogP contribution >= 0.6 is 0 Å². The molecule has 1 N–H and O–H groups in total. The maximum absolute atomic E-state index is 10.7. The van der Waals surface area contributed by atoms with E-state index in [0.717, 1.165) is 58.0 Å². The van der Waals surface area contributed by atoms with Crippen LogP contribution in [0.3, 0.4) is 0 Å². The van der Waals surface area contributed by atoms with Gasteiger partial charge in [-0.2, -0.15) is 0 Å². The number of hydrogen-bond donors (Lipinski definition) is 1. The highest BCUT2D eigenvalue weighted by molar-refractivity contribution is 5.28. The molecule has 0 bridgehead atoms. The summed E-state index contributed by atoms with van der Waals surface area (Å²) in [5.74, 6) is 0.895. The molecule has 2 fully saturated rings. The van der Waals surface area contributed by atoms with E-state index in [-0.39, 0.29) is 6.10 Å². The van der Waals surface area contributed by atoms with E-state index in [9.17, 15) is 5.11 Å². The van der Waals surface area contributed by atoms with E-state index in [2.05, 4.69) is 46.0 Å². The Kier molecular flexibility index (Phi) is 6.82. The standard InChI is InChI=1S/C24H33N3O2/c1-25-13-15-27(16-14-25)23-11-12-26(18-24(23)28)17-20-7-9-22(10-8-20)29-19-21-5-3-2-4-6-21/h2-10,23-24,28H,11-19H2,1H3/t23-,24-/m1/s1. The van der Waals surface area contributed by atoms with E-state index < -0.39 is 0 Å². The van der Waals surface area contributed by atoms with Crippen molar-refractivity contribution in [2.75, 3.05) is 46.3 Å². The number of benzene rings is 2. The molecule has 5 nitrogen and oxygen atoms in total. The van der Waals surface area contributed by atoms with Gasteiger partial charge < -0.3 is 14.7 Å². The number of piperidine rings is 1. The minimum absolute atomic E-state index is 0.263. The molecule has 0 amide bonds. The van der Waals surface area contributed by atoms with Crippen molar-refractivity contribution in [3.63, 3.8) is 0 Å². The van der Waals surface area contributed by atoms with Crippen LogP contribution in [0.15, 0.2) is 54.6 Å². The summed E-state index contributed by atoms with van der Waals surface area (Å²) >= 11 is 0. The average Bonchev–Trinajstić information content (AvgIpc) is 2.75. The van der Waals surface area contributed by atoms with Crippen molar-refractivity contribution in [2.45, 2.75) is 31.7 Å². The van der Waals surface area contributed by atoms with Gasteiger partial charge in [-0.15, -0.1) is 0 Å². The van der Waals surface area contributed by atoms with Crippen LogP contribution in [0.5, 0.6) is 5.75 Å². The summed E-state index contributed by atoms with van der Waals surface area (Å²) in [6.07, 6.45) is 0.781. The molecule has 0 radical (unpaired) electrons. The maximum Gasteiger partial charge on any atom is 0.119 e. The van der Waals surface area contributed by atoms with E-state index in [1.165, 1.54) is 11.1 Å². The highest BCUT2D eigenvalue weighted by Gasteiger charge is 2.33. The van der Waals surface area contributed by atoms with E-state index in [0.29, 0.717) is 12.6 Å². The molecule has 2 saturated heterocycles. The second-order valence-corrected chi connectivity index (χ2v) is 8.42. The number of hydrogen-bond acceptors (Lipinski definition) is 5. The zero-order chi connectivity index (χ0) is 20.1. The van der Waals surface area contributed by atoms with Gasteiger partial charge in [0, 0.05) is 51.9 Å². The molecule has 156 valence electrons. The predicted molar refractivity (Wildman–Crippen MR) is 116 cm³/mol. The molecule has 0 saturated carbocycles. The zero-order valence-corrected chi connectivity index (χ0v) is 17.4. The number of likely N-dealkylation sites (tertiary alicyclic amines) is 1. The summed E-state index contributed by atoms with van der Waals surface area (Å²) in [5, 5.41) is 10.7. The van der Waals surface area contributed by atoms with Crippen molar-refractivity contribution < 1.29 is 9.84 Å². The van der Waals surface area contributed by atoms with Gasteiger partial charge in [-0.3, -0.25) is 9.80 Å². The molecule has 0 spiro atoms. The average molecular weight is 396 g/mol. The van der Waals surface area contributed by atoms with Crippen LogP contribution in [0.4, 0.5) is 0 Å². The van der Waals surface area contributed by atoms with Gasteiger partial charge in [-0.25, -0.2) is 0 Å². The minimum atomic E-state index is -0.263. The Morgan fingerprint density at radius 2 is 1.62 bits per heavy atom. The van der Waals surface area contributed by atoms with Crippen molar-refractivity contribution in [1.82, 2.24) is 14.7 Å². The van der Waals surface area contributed by atoms with Gasteiger partial charge in [0.15, 0.2) is 0 Å². The predicted octanol–water partition coefficient (Wildman–Crippen LogP) is 2.45. The number of nitrogens with zero attached hydrogens (tertiary/aromatic N) is 3. The molecule has 0 unspecified atom stereocenters. The van der Waals surface area contributed by atoms with E-state index in [4.69, 9.17) is 4.74 Å². The summed E-state index contributed by atoms with van der Waals surface area (Å²) in [6, 6.07) is 18.9. The number of rotatable bonds is 6. The molecule has 4 rings (SSSR count). The number of ether oxygens (including phenoxy) is 1. The highest BCUT2D eigenvalue weighted by Crippen LogP contribution is 2.21. The lowest BCUT2D eigenvalue weighted by atomic mass is 9.98. The first-order valence-corrected chi connectivity index (χ1v) is 10.8. The number of piperazine rings is 1. The lowest BCUT2D eigenvalue weighted by Gasteiger charge is -2.44. The highest BCUT2D eigenvalue weighted by atomic mass is 16.5. The Labute approximate surface area is 174 Å². The van der Waals surface area contributed by atoms with Crippen LogP contribution in [-0.2, 0) is 13.2 Å². The molecular formula is C24H33N3O2. The maximum atomic E-state index is 10.7. The molecule has 0 aromatic heterocycles. The third kappa shape index (κ3) is 5.58. The summed E-state index contributed by atoms with van der Waals surface area (Å²) in [6.45, 7) is 7.61. The molecule has 2 heterocycles. The Bertz CT molecular complexity index is 744. The third-order valence-corrected chi connectivity index (χ3v) is 6.22. The van der Waals surface area contributed by atoms with Crippen LogP contribution in [0, 0.1) is 0 Å². The molecule has 2 aromatic carbocycles. The topological polar surface area (TPSA) is 39.2 Å². The van der Waals surface area contributed by atoms with Gasteiger partial charge in [0.1, 0.15) is 12.4 Å². The molecule has 2 aromatic rings. The zero-order valence-electron chi connectivity index (χ0n) is 17.4. The fourth-order valence-corrected chi connectivity index (χ4v) is 4.40. The second kappa shape index (κ2) is 9.72. The summed E-state index contributed by atoms with van der Waals surface area (Å²) in [5.41, 5.74) is 2.44. The Morgan fingerprint density at radius 3 is 2.31 bits per heavy atom. The van der Waals surface area contributed by atoms with Crippen LogP contribution in [-0.4, -0.2) is 78.3 Å². The van der Waals surface area contributed by atoms with E-state index >= 15 is 0 Å². The number of aliphatic hydroxyl groups is 1. The van der Waals surface area contributed by atoms with Crippen molar-refractivity contribution in [3.05, 3.63) is 65.7 Å². The number of β-amino-alcohol motifs (C(OH)–C–C–N with tert-alkyl or cyclic N) is 1. The van der Waals surface area contributed by atoms with E-state index in [1.54, 1.807) is 0 Å². The van der Waals surface area contributed by atoms with Gasteiger partial charge in [-0.05, 0) is 36.7 Å². The number of likely N-dealkylation sites (N-methyl/N-ethyl adjacent to an activating group) is 1. The largest absolute Gasteiger partial charge is 0.489 e. The normalized spacial score (nSPS) is 24.5. The summed E-state index contributed by atoms with van der Waals surface area (Å²) in [4.78, 5) is 7.23. The first kappa shape index (κ1) is 20.4. The fourth-order valence-electron chi connectivity index (χ4n) is 4.40. The van der Waals surface area contributed by atoms with Crippen molar-refractivity contribution in [2.24, 2.45) is 0 Å². The summed E-state index contributed by atoms with van der Waals surface area (Å²) in [7, 11) is 2.17. The van der Waals surface area contributed by atoms with Crippen LogP contribution < -0.4 is 4.74 Å². The van der Waals surface area contributed by atoms with Gasteiger partial charge in [0.05, 0.1) is 6.10 Å².